The SMILES string of the molecule is CC1CC1C1(CN)CCC(F)(F)CC1. The summed E-state index contributed by atoms with van der Waals surface area (Å²) < 4.78 is 26.0. The third kappa shape index (κ3) is 1.67. The van der Waals surface area contributed by atoms with E-state index in [9.17, 15) is 8.78 Å². The van der Waals surface area contributed by atoms with Gasteiger partial charge in [0.05, 0.1) is 0 Å². The summed E-state index contributed by atoms with van der Waals surface area (Å²) in [6.07, 6.45) is 2.56. The monoisotopic (exact) mass is 203 g/mol. The highest BCUT2D eigenvalue weighted by molar-refractivity contribution is 5.02. The van der Waals surface area contributed by atoms with Gasteiger partial charge in [-0.2, -0.15) is 0 Å². The van der Waals surface area contributed by atoms with Crippen molar-refractivity contribution >= 4 is 0 Å². The Kier molecular flexibility index (Phi) is 2.33. The van der Waals surface area contributed by atoms with Crippen LogP contribution in [0, 0.1) is 17.3 Å². The second-order valence-corrected chi connectivity index (χ2v) is 5.24. The van der Waals surface area contributed by atoms with Crippen molar-refractivity contribution in [3.05, 3.63) is 0 Å². The lowest BCUT2D eigenvalue weighted by atomic mass is 9.69. The fourth-order valence-corrected chi connectivity index (χ4v) is 3.02. The minimum Gasteiger partial charge on any atom is -0.330 e. The predicted molar refractivity (Wildman–Crippen MR) is 52.2 cm³/mol. The summed E-state index contributed by atoms with van der Waals surface area (Å²) in [5.74, 6) is -1.08. The van der Waals surface area contributed by atoms with E-state index in [1.54, 1.807) is 0 Å². The van der Waals surface area contributed by atoms with Crippen LogP contribution in [0.5, 0.6) is 0 Å². The third-order valence-electron chi connectivity index (χ3n) is 4.28. The van der Waals surface area contributed by atoms with Crippen LogP contribution in [0.1, 0.15) is 39.0 Å². The molecule has 2 fully saturated rings. The molecule has 0 aromatic carbocycles. The number of hydrogen-bond acceptors (Lipinski definition) is 1. The summed E-state index contributed by atoms with van der Waals surface area (Å²) in [6, 6.07) is 0. The largest absolute Gasteiger partial charge is 0.330 e. The van der Waals surface area contributed by atoms with E-state index in [-0.39, 0.29) is 18.3 Å². The van der Waals surface area contributed by atoms with Crippen LogP contribution in [0.15, 0.2) is 0 Å². The van der Waals surface area contributed by atoms with Gasteiger partial charge in [-0.05, 0) is 43.1 Å². The highest BCUT2D eigenvalue weighted by Crippen LogP contribution is 2.58. The molecule has 0 bridgehead atoms. The molecule has 82 valence electrons. The van der Waals surface area contributed by atoms with Gasteiger partial charge in [0.1, 0.15) is 0 Å². The Bertz CT molecular complexity index is 217. The minimum absolute atomic E-state index is 0.0490. The van der Waals surface area contributed by atoms with Gasteiger partial charge in [0, 0.05) is 12.8 Å². The van der Waals surface area contributed by atoms with Crippen molar-refractivity contribution in [2.45, 2.75) is 45.0 Å². The van der Waals surface area contributed by atoms with Gasteiger partial charge in [0.15, 0.2) is 0 Å². The highest BCUT2D eigenvalue weighted by atomic mass is 19.3. The maximum absolute atomic E-state index is 13.0. The molecule has 0 amide bonds. The molecule has 2 N–H and O–H groups in total. The molecule has 0 saturated heterocycles. The molecule has 0 aromatic rings. The molecular weight excluding hydrogens is 184 g/mol. The first kappa shape index (κ1) is 10.3. The van der Waals surface area contributed by atoms with Crippen molar-refractivity contribution in [2.24, 2.45) is 23.0 Å². The van der Waals surface area contributed by atoms with Gasteiger partial charge in [0.2, 0.25) is 5.92 Å². The predicted octanol–water partition coefficient (Wildman–Crippen LogP) is 2.80. The van der Waals surface area contributed by atoms with Gasteiger partial charge in [-0.3, -0.25) is 0 Å². The molecule has 0 heterocycles. The molecule has 0 aromatic heterocycles. The molecular formula is C11H19F2N. The molecule has 14 heavy (non-hydrogen) atoms. The van der Waals surface area contributed by atoms with Crippen molar-refractivity contribution in [1.82, 2.24) is 0 Å². The number of rotatable bonds is 2. The van der Waals surface area contributed by atoms with Crippen LogP contribution in [0.4, 0.5) is 8.78 Å². The van der Waals surface area contributed by atoms with E-state index >= 15 is 0 Å². The summed E-state index contributed by atoms with van der Waals surface area (Å²) in [6.45, 7) is 2.80. The first-order chi connectivity index (χ1) is 6.49. The first-order valence-electron chi connectivity index (χ1n) is 5.57. The number of nitrogens with two attached hydrogens (primary N) is 1. The fraction of sp³-hybridized carbons (Fsp3) is 1.00. The Hall–Kier alpha value is -0.180. The summed E-state index contributed by atoms with van der Waals surface area (Å²) in [5, 5.41) is 0. The Morgan fingerprint density at radius 1 is 1.21 bits per heavy atom. The third-order valence-corrected chi connectivity index (χ3v) is 4.28. The van der Waals surface area contributed by atoms with Gasteiger partial charge in [-0.15, -0.1) is 0 Å². The van der Waals surface area contributed by atoms with E-state index in [0.717, 1.165) is 0 Å². The van der Waals surface area contributed by atoms with Gasteiger partial charge >= 0.3 is 0 Å². The second kappa shape index (κ2) is 3.16. The molecule has 2 aliphatic rings. The van der Waals surface area contributed by atoms with Crippen LogP contribution < -0.4 is 5.73 Å². The molecule has 1 nitrogen and oxygen atoms in total. The van der Waals surface area contributed by atoms with Crippen LogP contribution in [0.25, 0.3) is 0 Å². The molecule has 2 saturated carbocycles. The Morgan fingerprint density at radius 3 is 2.07 bits per heavy atom. The zero-order valence-corrected chi connectivity index (χ0v) is 8.73. The lowest BCUT2D eigenvalue weighted by Crippen LogP contribution is -2.40. The second-order valence-electron chi connectivity index (χ2n) is 5.24. The molecule has 3 heteroatoms. The van der Waals surface area contributed by atoms with E-state index in [1.165, 1.54) is 6.42 Å². The normalized spacial score (nSPS) is 39.4. The summed E-state index contributed by atoms with van der Waals surface area (Å²) in [7, 11) is 0. The lowest BCUT2D eigenvalue weighted by molar-refractivity contribution is -0.0709. The maximum Gasteiger partial charge on any atom is 0.248 e. The molecule has 2 rings (SSSR count). The topological polar surface area (TPSA) is 26.0 Å². The van der Waals surface area contributed by atoms with Crippen molar-refractivity contribution < 1.29 is 8.78 Å². The van der Waals surface area contributed by atoms with Crippen LogP contribution in [0.3, 0.4) is 0 Å². The van der Waals surface area contributed by atoms with E-state index < -0.39 is 5.92 Å². The maximum atomic E-state index is 13.0. The standard InChI is InChI=1S/C11H19F2N/c1-8-6-9(8)10(7-14)2-4-11(12,13)5-3-10/h8-9H,2-7,14H2,1H3. The zero-order valence-electron chi connectivity index (χ0n) is 8.73. The molecule has 0 aliphatic heterocycles. The minimum atomic E-state index is -2.42. The smallest absolute Gasteiger partial charge is 0.248 e. The van der Waals surface area contributed by atoms with Crippen LogP contribution in [-0.4, -0.2) is 12.5 Å². The van der Waals surface area contributed by atoms with Gasteiger partial charge < -0.3 is 5.73 Å². The average molecular weight is 203 g/mol. The van der Waals surface area contributed by atoms with Crippen LogP contribution in [0.2, 0.25) is 0 Å². The Morgan fingerprint density at radius 2 is 1.71 bits per heavy atom. The van der Waals surface area contributed by atoms with Gasteiger partial charge in [-0.25, -0.2) is 8.78 Å². The number of hydrogen-bond donors (Lipinski definition) is 1. The Labute approximate surface area is 84.0 Å². The molecule has 2 aliphatic carbocycles. The van der Waals surface area contributed by atoms with Crippen molar-refractivity contribution in [2.75, 3.05) is 6.54 Å². The summed E-state index contributed by atoms with van der Waals surface area (Å²) in [5.41, 5.74) is 5.84. The van der Waals surface area contributed by atoms with E-state index in [4.69, 9.17) is 5.73 Å². The van der Waals surface area contributed by atoms with E-state index in [0.29, 0.717) is 31.2 Å². The average Bonchev–Trinajstić information content (AvgIpc) is 2.85. The molecule has 2 atom stereocenters. The van der Waals surface area contributed by atoms with Crippen molar-refractivity contribution in [3.63, 3.8) is 0 Å². The first-order valence-corrected chi connectivity index (χ1v) is 5.57. The quantitative estimate of drug-likeness (QED) is 0.733. The number of alkyl halides is 2. The van der Waals surface area contributed by atoms with Gasteiger partial charge in [-0.1, -0.05) is 6.92 Å². The highest BCUT2D eigenvalue weighted by Gasteiger charge is 2.53. The van der Waals surface area contributed by atoms with Crippen molar-refractivity contribution in [1.29, 1.82) is 0 Å². The Balaban J connectivity index is 2.02. The van der Waals surface area contributed by atoms with E-state index in [1.807, 2.05) is 0 Å². The summed E-state index contributed by atoms with van der Waals surface area (Å²) in [4.78, 5) is 0. The molecule has 0 spiro atoms. The number of halogens is 2. The lowest BCUT2D eigenvalue weighted by Gasteiger charge is -2.40. The zero-order chi connectivity index (χ0) is 10.4. The fourth-order valence-electron chi connectivity index (χ4n) is 3.02. The van der Waals surface area contributed by atoms with Crippen molar-refractivity contribution in [3.8, 4) is 0 Å². The molecule has 0 radical (unpaired) electrons. The summed E-state index contributed by atoms with van der Waals surface area (Å²) >= 11 is 0. The van der Waals surface area contributed by atoms with Gasteiger partial charge in [0.25, 0.3) is 0 Å². The van der Waals surface area contributed by atoms with E-state index in [2.05, 4.69) is 6.92 Å². The molecule has 2 unspecified atom stereocenters. The van der Waals surface area contributed by atoms with Crippen LogP contribution >= 0.6 is 0 Å². The van der Waals surface area contributed by atoms with Crippen LogP contribution in [-0.2, 0) is 0 Å².